The van der Waals surface area contributed by atoms with Gasteiger partial charge >= 0.3 is 0 Å². The highest BCUT2D eigenvalue weighted by molar-refractivity contribution is 5.80. The van der Waals surface area contributed by atoms with Crippen LogP contribution in [-0.2, 0) is 11.3 Å². The first-order valence-corrected chi connectivity index (χ1v) is 7.92. The van der Waals surface area contributed by atoms with Crippen LogP contribution in [0.2, 0.25) is 0 Å². The lowest BCUT2D eigenvalue weighted by atomic mass is 10.2. The molecule has 1 heterocycles. The fraction of sp³-hybridized carbons (Fsp3) is 0.158. The second-order valence-electron chi connectivity index (χ2n) is 5.54. The first kappa shape index (κ1) is 16.7. The molecule has 25 heavy (non-hydrogen) atoms. The minimum atomic E-state index is -0.715. The molecule has 6 heteroatoms. The van der Waals surface area contributed by atoms with Gasteiger partial charge in [-0.1, -0.05) is 30.3 Å². The van der Waals surface area contributed by atoms with Crippen molar-refractivity contribution in [3.05, 3.63) is 78.2 Å². The molecule has 1 N–H and O–H groups in total. The number of nitrogens with zero attached hydrogens (tertiary/aromatic N) is 2. The van der Waals surface area contributed by atoms with Crippen LogP contribution in [0.4, 0.5) is 4.39 Å². The molecule has 5 nitrogen and oxygen atoms in total. The Labute approximate surface area is 145 Å². The highest BCUT2D eigenvalue weighted by atomic mass is 19.1. The molecule has 0 spiro atoms. The second-order valence-corrected chi connectivity index (χ2v) is 5.54. The number of carbonyl (C=O) groups excluding carboxylic acids is 1. The minimum absolute atomic E-state index is 0.239. The molecule has 1 amide bonds. The average Bonchev–Trinajstić information content (AvgIpc) is 3.09. The van der Waals surface area contributed by atoms with E-state index < -0.39 is 6.10 Å². The summed E-state index contributed by atoms with van der Waals surface area (Å²) in [7, 11) is 0. The van der Waals surface area contributed by atoms with Crippen LogP contribution in [0.5, 0.6) is 5.88 Å². The molecule has 0 bridgehead atoms. The number of aromatic nitrogens is 2. The van der Waals surface area contributed by atoms with Gasteiger partial charge in [0, 0.05) is 18.8 Å². The van der Waals surface area contributed by atoms with E-state index in [1.165, 1.54) is 12.1 Å². The van der Waals surface area contributed by atoms with Gasteiger partial charge in [0.1, 0.15) is 5.82 Å². The maximum Gasteiger partial charge on any atom is 0.261 e. The molecule has 0 unspecified atom stereocenters. The molecule has 0 saturated carbocycles. The van der Waals surface area contributed by atoms with E-state index in [1.807, 2.05) is 30.3 Å². The summed E-state index contributed by atoms with van der Waals surface area (Å²) >= 11 is 0. The van der Waals surface area contributed by atoms with Gasteiger partial charge in [-0.05, 0) is 36.8 Å². The Balaban J connectivity index is 1.56. The summed E-state index contributed by atoms with van der Waals surface area (Å²) in [6.07, 6.45) is 1.05. The zero-order valence-electron chi connectivity index (χ0n) is 13.7. The predicted molar refractivity (Wildman–Crippen MR) is 91.9 cm³/mol. The van der Waals surface area contributed by atoms with E-state index in [0.29, 0.717) is 11.4 Å². The van der Waals surface area contributed by atoms with Crippen molar-refractivity contribution in [1.29, 1.82) is 0 Å². The molecule has 0 fully saturated rings. The van der Waals surface area contributed by atoms with Gasteiger partial charge in [-0.15, -0.1) is 5.10 Å². The van der Waals surface area contributed by atoms with Crippen molar-refractivity contribution in [3.63, 3.8) is 0 Å². The van der Waals surface area contributed by atoms with Gasteiger partial charge in [-0.25, -0.2) is 9.07 Å². The van der Waals surface area contributed by atoms with Gasteiger partial charge in [-0.3, -0.25) is 4.79 Å². The Morgan fingerprint density at radius 1 is 1.20 bits per heavy atom. The summed E-state index contributed by atoms with van der Waals surface area (Å²) in [5, 5.41) is 7.02. The van der Waals surface area contributed by atoms with Crippen LogP contribution >= 0.6 is 0 Å². The molecule has 1 aromatic heterocycles. The highest BCUT2D eigenvalue weighted by Gasteiger charge is 2.16. The van der Waals surface area contributed by atoms with Crippen LogP contribution in [0, 0.1) is 5.82 Å². The van der Waals surface area contributed by atoms with Crippen LogP contribution in [0.15, 0.2) is 66.9 Å². The van der Waals surface area contributed by atoms with Crippen LogP contribution in [-0.4, -0.2) is 21.8 Å². The van der Waals surface area contributed by atoms with Crippen LogP contribution in [0.25, 0.3) is 5.69 Å². The largest absolute Gasteiger partial charge is 0.463 e. The normalized spacial score (nSPS) is 11.8. The molecule has 0 radical (unpaired) electrons. The van der Waals surface area contributed by atoms with E-state index in [0.717, 1.165) is 5.69 Å². The molecule has 1 atom stereocenters. The number of benzene rings is 2. The van der Waals surface area contributed by atoms with Gasteiger partial charge in [0.25, 0.3) is 5.91 Å². The van der Waals surface area contributed by atoms with E-state index >= 15 is 0 Å². The van der Waals surface area contributed by atoms with Gasteiger partial charge < -0.3 is 10.1 Å². The smallest absolute Gasteiger partial charge is 0.261 e. The number of hydrogen-bond donors (Lipinski definition) is 1. The van der Waals surface area contributed by atoms with Gasteiger partial charge in [-0.2, -0.15) is 0 Å². The Hall–Kier alpha value is -3.15. The summed E-state index contributed by atoms with van der Waals surface area (Å²) in [5.41, 5.74) is 1.59. The van der Waals surface area contributed by atoms with E-state index in [4.69, 9.17) is 4.74 Å². The Kier molecular flexibility index (Phi) is 5.09. The summed E-state index contributed by atoms with van der Waals surface area (Å²) in [6.45, 7) is 1.88. The third kappa shape index (κ3) is 4.44. The van der Waals surface area contributed by atoms with Crippen molar-refractivity contribution in [2.24, 2.45) is 0 Å². The number of ether oxygens (including phenoxy) is 1. The first-order valence-electron chi connectivity index (χ1n) is 7.92. The number of hydrogen-bond acceptors (Lipinski definition) is 3. The van der Waals surface area contributed by atoms with E-state index in [9.17, 15) is 9.18 Å². The number of nitrogens with one attached hydrogen (secondary N) is 1. The molecular weight excluding hydrogens is 321 g/mol. The third-order valence-electron chi connectivity index (χ3n) is 3.61. The number of para-hydroxylation sites is 1. The zero-order chi connectivity index (χ0) is 17.6. The minimum Gasteiger partial charge on any atom is -0.463 e. The summed E-state index contributed by atoms with van der Waals surface area (Å²) in [6, 6.07) is 17.4. The Morgan fingerprint density at radius 3 is 2.76 bits per heavy atom. The SMILES string of the molecule is C[C@H](Oc1ccn(-c2ccccc2)n1)C(=O)NCc1cccc(F)c1. The molecule has 0 aliphatic heterocycles. The molecule has 0 aliphatic rings. The average molecular weight is 339 g/mol. The molecule has 0 aliphatic carbocycles. The van der Waals surface area contributed by atoms with Crippen molar-refractivity contribution in [3.8, 4) is 11.6 Å². The van der Waals surface area contributed by atoms with E-state index in [1.54, 1.807) is 36.0 Å². The quantitative estimate of drug-likeness (QED) is 0.751. The molecule has 2 aromatic carbocycles. The highest BCUT2D eigenvalue weighted by Crippen LogP contribution is 2.13. The molecular formula is C19H18FN3O2. The van der Waals surface area contributed by atoms with Crippen LogP contribution in [0.1, 0.15) is 12.5 Å². The van der Waals surface area contributed by atoms with Gasteiger partial charge in [0.15, 0.2) is 6.10 Å². The molecule has 0 saturated heterocycles. The van der Waals surface area contributed by atoms with Crippen molar-refractivity contribution in [2.45, 2.75) is 19.6 Å². The monoisotopic (exact) mass is 339 g/mol. The second kappa shape index (κ2) is 7.61. The lowest BCUT2D eigenvalue weighted by Crippen LogP contribution is -2.36. The summed E-state index contributed by atoms with van der Waals surface area (Å²) in [5.74, 6) is -0.265. The maximum absolute atomic E-state index is 13.1. The van der Waals surface area contributed by atoms with Gasteiger partial charge in [0.2, 0.25) is 5.88 Å². The Morgan fingerprint density at radius 2 is 2.00 bits per heavy atom. The predicted octanol–water partition coefficient (Wildman–Crippen LogP) is 3.10. The summed E-state index contributed by atoms with van der Waals surface area (Å²) < 4.78 is 20.4. The van der Waals surface area contributed by atoms with E-state index in [2.05, 4.69) is 10.4 Å². The topological polar surface area (TPSA) is 56.2 Å². The zero-order valence-corrected chi connectivity index (χ0v) is 13.7. The standard InChI is InChI=1S/C19H18FN3O2/c1-14(19(24)21-13-15-6-5-7-16(20)12-15)25-18-10-11-23(22-18)17-8-3-2-4-9-17/h2-12,14H,13H2,1H3,(H,21,24)/t14-/m0/s1. The summed E-state index contributed by atoms with van der Waals surface area (Å²) in [4.78, 5) is 12.1. The fourth-order valence-electron chi connectivity index (χ4n) is 2.31. The molecule has 128 valence electrons. The lowest BCUT2D eigenvalue weighted by Gasteiger charge is -2.13. The number of amides is 1. The third-order valence-corrected chi connectivity index (χ3v) is 3.61. The van der Waals surface area contributed by atoms with Crippen molar-refractivity contribution in [2.75, 3.05) is 0 Å². The Bertz CT molecular complexity index is 849. The van der Waals surface area contributed by atoms with Crippen molar-refractivity contribution >= 4 is 5.91 Å². The molecule has 3 rings (SSSR count). The lowest BCUT2D eigenvalue weighted by molar-refractivity contribution is -0.127. The van der Waals surface area contributed by atoms with Crippen molar-refractivity contribution in [1.82, 2.24) is 15.1 Å². The maximum atomic E-state index is 13.1. The van der Waals surface area contributed by atoms with Crippen LogP contribution in [0.3, 0.4) is 0 Å². The number of rotatable bonds is 6. The number of carbonyl (C=O) groups is 1. The van der Waals surface area contributed by atoms with Crippen molar-refractivity contribution < 1.29 is 13.9 Å². The first-order chi connectivity index (χ1) is 12.1. The molecule has 3 aromatic rings. The van der Waals surface area contributed by atoms with Crippen LogP contribution < -0.4 is 10.1 Å². The fourth-order valence-corrected chi connectivity index (χ4v) is 2.31. The number of halogens is 1. The van der Waals surface area contributed by atoms with Gasteiger partial charge in [0.05, 0.1) is 5.69 Å². The van der Waals surface area contributed by atoms with E-state index in [-0.39, 0.29) is 18.3 Å².